The molecule has 1 heterocycles. The lowest BCUT2D eigenvalue weighted by Gasteiger charge is -2.35. The van der Waals surface area contributed by atoms with Crippen molar-refractivity contribution in [1.82, 2.24) is 0 Å². The predicted octanol–water partition coefficient (Wildman–Crippen LogP) is 1.97. The summed E-state index contributed by atoms with van der Waals surface area (Å²) in [5.74, 6) is 2.18. The second kappa shape index (κ2) is 7.63. The van der Waals surface area contributed by atoms with Gasteiger partial charge in [-0.05, 0) is 32.4 Å². The van der Waals surface area contributed by atoms with Crippen LogP contribution in [0.2, 0.25) is 0 Å². The van der Waals surface area contributed by atoms with Crippen LogP contribution in [0.25, 0.3) is 0 Å². The highest BCUT2D eigenvalue weighted by molar-refractivity contribution is 5.94. The van der Waals surface area contributed by atoms with E-state index in [0.717, 1.165) is 24.5 Å². The number of carbonyl (C=O) groups excluding carboxylic acids is 1. The summed E-state index contributed by atoms with van der Waals surface area (Å²) < 4.78 is 5.58. The highest BCUT2D eigenvalue weighted by Crippen LogP contribution is 2.23. The van der Waals surface area contributed by atoms with E-state index in [1.807, 2.05) is 38.1 Å². The second-order valence-corrected chi connectivity index (χ2v) is 6.65. The molecule has 122 valence electrons. The van der Waals surface area contributed by atoms with Crippen molar-refractivity contribution in [3.8, 4) is 5.75 Å². The maximum absolute atomic E-state index is 12.6. The second-order valence-electron chi connectivity index (χ2n) is 6.65. The molecule has 1 fully saturated rings. The van der Waals surface area contributed by atoms with Gasteiger partial charge in [0.25, 0.3) is 5.91 Å². The summed E-state index contributed by atoms with van der Waals surface area (Å²) in [4.78, 5) is 14.0. The minimum Gasteiger partial charge on any atom is -0.492 e. The first-order valence-corrected chi connectivity index (χ1v) is 8.38. The van der Waals surface area contributed by atoms with E-state index in [4.69, 9.17) is 4.74 Å². The van der Waals surface area contributed by atoms with Crippen LogP contribution in [0, 0.1) is 11.8 Å². The van der Waals surface area contributed by atoms with E-state index in [1.54, 1.807) is 0 Å². The Bertz CT molecular complexity index is 494. The molecule has 1 saturated heterocycles. The molecule has 0 unspecified atom stereocenters. The molecule has 1 aromatic carbocycles. The third-order valence-electron chi connectivity index (χ3n) is 4.48. The molecular weight excluding hydrogens is 276 g/mol. The topological polar surface area (TPSA) is 42.8 Å². The molecule has 1 aliphatic rings. The van der Waals surface area contributed by atoms with Crippen LogP contribution in [0.1, 0.15) is 34.1 Å². The van der Waals surface area contributed by atoms with Crippen LogP contribution < -0.4 is 15.0 Å². The van der Waals surface area contributed by atoms with Crippen LogP contribution in [0.4, 0.5) is 5.69 Å². The lowest BCUT2D eigenvalue weighted by atomic mass is 9.91. The van der Waals surface area contributed by atoms with Crippen molar-refractivity contribution in [2.24, 2.45) is 11.8 Å². The van der Waals surface area contributed by atoms with E-state index in [9.17, 15) is 4.79 Å². The van der Waals surface area contributed by atoms with Gasteiger partial charge in [0.15, 0.2) is 6.04 Å². The summed E-state index contributed by atoms with van der Waals surface area (Å²) in [6, 6.07) is 7.58. The molecule has 0 aromatic heterocycles. The lowest BCUT2D eigenvalue weighted by Crippen LogP contribution is -3.18. The summed E-state index contributed by atoms with van der Waals surface area (Å²) in [6.45, 7) is 11.3. The van der Waals surface area contributed by atoms with Crippen molar-refractivity contribution in [3.05, 3.63) is 24.3 Å². The SMILES string of the molecule is CCOc1ccccc1NC(=O)[C@H](C)[NH+]1C[C@@H](C)C[C@H](C)C1. The van der Waals surface area contributed by atoms with Crippen molar-refractivity contribution in [2.45, 2.75) is 40.2 Å². The van der Waals surface area contributed by atoms with Crippen LogP contribution in [0.5, 0.6) is 5.75 Å². The third-order valence-corrected chi connectivity index (χ3v) is 4.48. The Kier molecular flexibility index (Phi) is 5.83. The molecule has 0 saturated carbocycles. The number of quaternary nitrogens is 1. The Morgan fingerprint density at radius 1 is 1.32 bits per heavy atom. The average Bonchev–Trinajstić information content (AvgIpc) is 2.47. The number of para-hydroxylation sites is 2. The Morgan fingerprint density at radius 2 is 1.95 bits per heavy atom. The van der Waals surface area contributed by atoms with Gasteiger partial charge in [0.1, 0.15) is 5.75 Å². The van der Waals surface area contributed by atoms with Crippen molar-refractivity contribution in [1.29, 1.82) is 0 Å². The number of hydrogen-bond acceptors (Lipinski definition) is 2. The van der Waals surface area contributed by atoms with Crippen molar-refractivity contribution in [2.75, 3.05) is 25.0 Å². The first-order valence-electron chi connectivity index (χ1n) is 8.38. The standard InChI is InChI=1S/C18H28N2O2/c1-5-22-17-9-7-6-8-16(17)19-18(21)15(4)20-11-13(2)10-14(3)12-20/h6-9,13-15H,5,10-12H2,1-4H3,(H,19,21)/p+1/t13-,14-,15-/m0/s1. The largest absolute Gasteiger partial charge is 0.492 e. The number of carbonyl (C=O) groups is 1. The fourth-order valence-corrected chi connectivity index (χ4v) is 3.46. The Hall–Kier alpha value is -1.55. The molecular formula is C18H29N2O2+. The number of rotatable bonds is 5. The quantitative estimate of drug-likeness (QED) is 0.873. The monoisotopic (exact) mass is 305 g/mol. The van der Waals surface area contributed by atoms with Gasteiger partial charge in [-0.25, -0.2) is 0 Å². The number of nitrogens with one attached hydrogen (secondary N) is 2. The molecule has 3 atom stereocenters. The minimum absolute atomic E-state index is 0.0418. The van der Waals surface area contributed by atoms with Gasteiger partial charge >= 0.3 is 0 Å². The molecule has 1 aromatic rings. The van der Waals surface area contributed by atoms with Crippen molar-refractivity contribution < 1.29 is 14.4 Å². The molecule has 1 aliphatic heterocycles. The van der Waals surface area contributed by atoms with Crippen LogP contribution in [-0.2, 0) is 4.79 Å². The Labute approximate surface area is 133 Å². The maximum atomic E-state index is 12.6. The first-order chi connectivity index (χ1) is 10.5. The van der Waals surface area contributed by atoms with E-state index in [1.165, 1.54) is 11.3 Å². The highest BCUT2D eigenvalue weighted by Gasteiger charge is 2.32. The minimum atomic E-state index is -0.0418. The third kappa shape index (κ3) is 4.23. The van der Waals surface area contributed by atoms with Gasteiger partial charge < -0.3 is 15.0 Å². The number of benzene rings is 1. The van der Waals surface area contributed by atoms with Crippen LogP contribution in [0.3, 0.4) is 0 Å². The van der Waals surface area contributed by atoms with Gasteiger partial charge in [0.05, 0.1) is 25.4 Å². The smallest absolute Gasteiger partial charge is 0.282 e. The molecule has 4 nitrogen and oxygen atoms in total. The summed E-state index contributed by atoms with van der Waals surface area (Å²) >= 11 is 0. The molecule has 0 aliphatic carbocycles. The number of hydrogen-bond donors (Lipinski definition) is 2. The highest BCUT2D eigenvalue weighted by atomic mass is 16.5. The summed E-state index contributed by atoms with van der Waals surface area (Å²) in [5.41, 5.74) is 0.763. The van der Waals surface area contributed by atoms with E-state index in [-0.39, 0.29) is 11.9 Å². The molecule has 0 bridgehead atoms. The van der Waals surface area contributed by atoms with Gasteiger partial charge in [0.2, 0.25) is 0 Å². The number of piperidine rings is 1. The van der Waals surface area contributed by atoms with Crippen LogP contribution in [0.15, 0.2) is 24.3 Å². The number of likely N-dealkylation sites (tertiary alicyclic amines) is 1. The zero-order chi connectivity index (χ0) is 16.1. The molecule has 2 rings (SSSR count). The molecule has 0 spiro atoms. The predicted molar refractivity (Wildman–Crippen MR) is 89.3 cm³/mol. The fraction of sp³-hybridized carbons (Fsp3) is 0.611. The van der Waals surface area contributed by atoms with E-state index >= 15 is 0 Å². The number of anilines is 1. The maximum Gasteiger partial charge on any atom is 0.282 e. The van der Waals surface area contributed by atoms with Crippen molar-refractivity contribution in [3.63, 3.8) is 0 Å². The summed E-state index contributed by atoms with van der Waals surface area (Å²) in [6.07, 6.45) is 1.27. The van der Waals surface area contributed by atoms with Crippen LogP contribution in [-0.4, -0.2) is 31.6 Å². The average molecular weight is 305 g/mol. The van der Waals surface area contributed by atoms with E-state index < -0.39 is 0 Å². The van der Waals surface area contributed by atoms with E-state index in [2.05, 4.69) is 19.2 Å². The molecule has 4 heteroatoms. The molecule has 2 N–H and O–H groups in total. The number of ether oxygens (including phenoxy) is 1. The zero-order valence-corrected chi connectivity index (χ0v) is 14.2. The van der Waals surface area contributed by atoms with Gasteiger partial charge in [-0.15, -0.1) is 0 Å². The Balaban J connectivity index is 2.02. The fourth-order valence-electron chi connectivity index (χ4n) is 3.46. The summed E-state index contributed by atoms with van der Waals surface area (Å²) in [5, 5.41) is 3.04. The molecule has 1 amide bonds. The lowest BCUT2D eigenvalue weighted by molar-refractivity contribution is -0.925. The van der Waals surface area contributed by atoms with Gasteiger partial charge in [-0.1, -0.05) is 26.0 Å². The van der Waals surface area contributed by atoms with Gasteiger partial charge in [0, 0.05) is 11.8 Å². The van der Waals surface area contributed by atoms with Gasteiger partial charge in [-0.2, -0.15) is 0 Å². The molecule has 22 heavy (non-hydrogen) atoms. The Morgan fingerprint density at radius 3 is 2.59 bits per heavy atom. The summed E-state index contributed by atoms with van der Waals surface area (Å²) in [7, 11) is 0. The van der Waals surface area contributed by atoms with Gasteiger partial charge in [-0.3, -0.25) is 4.79 Å². The van der Waals surface area contributed by atoms with Crippen molar-refractivity contribution >= 4 is 11.6 Å². The normalized spacial score (nSPS) is 26.3. The van der Waals surface area contributed by atoms with E-state index in [0.29, 0.717) is 18.4 Å². The zero-order valence-electron chi connectivity index (χ0n) is 14.2. The molecule has 0 radical (unpaired) electrons. The number of amides is 1. The first kappa shape index (κ1) is 16.8. The van der Waals surface area contributed by atoms with Crippen LogP contribution >= 0.6 is 0 Å².